The van der Waals surface area contributed by atoms with Gasteiger partial charge in [-0.15, -0.1) is 0 Å². The smallest absolute Gasteiger partial charge is 0.252 e. The van der Waals surface area contributed by atoms with Crippen LogP contribution in [0.2, 0.25) is 0 Å². The summed E-state index contributed by atoms with van der Waals surface area (Å²) in [5, 5.41) is 3.48. The van der Waals surface area contributed by atoms with E-state index in [1.165, 1.54) is 163 Å². The lowest BCUT2D eigenvalue weighted by atomic mass is 9.33. The third kappa shape index (κ3) is 8.85. The van der Waals surface area contributed by atoms with Crippen LogP contribution in [0.4, 0.5) is 34.1 Å². The van der Waals surface area contributed by atoms with Crippen LogP contribution in [0.5, 0.6) is 0 Å². The zero-order valence-electron chi connectivity index (χ0n) is 54.6. The molecule has 15 rings (SSSR count). The lowest BCUT2D eigenvalue weighted by molar-refractivity contribution is 0.590. The van der Waals surface area contributed by atoms with Crippen LogP contribution >= 0.6 is 0 Å². The molecule has 89 heavy (non-hydrogen) atoms. The van der Waals surface area contributed by atoms with E-state index in [4.69, 9.17) is 4.42 Å². The van der Waals surface area contributed by atoms with Gasteiger partial charge in [-0.2, -0.15) is 0 Å². The second kappa shape index (κ2) is 21.2. The summed E-state index contributed by atoms with van der Waals surface area (Å²) in [5.41, 5.74) is 37.5. The summed E-state index contributed by atoms with van der Waals surface area (Å²) in [4.78, 5) is 5.30. The van der Waals surface area contributed by atoms with Crippen molar-refractivity contribution in [3.05, 3.63) is 249 Å². The number of aromatic nitrogens is 1. The van der Waals surface area contributed by atoms with Crippen LogP contribution < -0.4 is 26.2 Å². The molecule has 1 aliphatic carbocycles. The molecule has 0 bridgehead atoms. The molecular formula is C84H80BN3O. The van der Waals surface area contributed by atoms with Crippen molar-refractivity contribution in [2.24, 2.45) is 0 Å². The Morgan fingerprint density at radius 2 is 1.08 bits per heavy atom. The Morgan fingerprint density at radius 1 is 0.506 bits per heavy atom. The molecule has 2 aliphatic heterocycles. The second-order valence-corrected chi connectivity index (χ2v) is 27.2. The lowest BCUT2D eigenvalue weighted by Crippen LogP contribution is -2.61. The van der Waals surface area contributed by atoms with Crippen LogP contribution in [0.15, 0.2) is 187 Å². The zero-order chi connectivity index (χ0) is 62.3. The molecule has 3 aliphatic rings. The maximum atomic E-state index is 6.31. The van der Waals surface area contributed by atoms with E-state index in [-0.39, 0.29) is 17.5 Å². The predicted molar refractivity (Wildman–Crippen MR) is 386 cm³/mol. The highest BCUT2D eigenvalue weighted by molar-refractivity contribution is 7.00. The molecule has 0 saturated carbocycles. The maximum Gasteiger partial charge on any atom is 0.252 e. The van der Waals surface area contributed by atoms with Crippen LogP contribution in [0, 0.1) is 48.5 Å². The van der Waals surface area contributed by atoms with Gasteiger partial charge in [-0.05, 0) is 245 Å². The number of hydrogen-bond acceptors (Lipinski definition) is 3. The second-order valence-electron chi connectivity index (χ2n) is 27.2. The fraction of sp³-hybridized carbons (Fsp3) is 0.214. The first-order valence-corrected chi connectivity index (χ1v) is 32.1. The van der Waals surface area contributed by atoms with Crippen molar-refractivity contribution in [3.63, 3.8) is 0 Å². The van der Waals surface area contributed by atoms with E-state index >= 15 is 0 Å². The van der Waals surface area contributed by atoms with E-state index in [1.807, 2.05) is 6.07 Å². The highest BCUT2D eigenvalue weighted by Gasteiger charge is 2.46. The van der Waals surface area contributed by atoms with Crippen molar-refractivity contribution < 1.29 is 4.42 Å². The Balaban J connectivity index is 0.00000227. The van der Waals surface area contributed by atoms with Crippen LogP contribution in [0.1, 0.15) is 129 Å². The van der Waals surface area contributed by atoms with Gasteiger partial charge in [0, 0.05) is 49.9 Å². The quantitative estimate of drug-likeness (QED) is 0.149. The molecule has 0 N–H and O–H groups in total. The first-order valence-electron chi connectivity index (χ1n) is 32.1. The first kappa shape index (κ1) is 57.4. The van der Waals surface area contributed by atoms with Gasteiger partial charge in [-0.1, -0.05) is 171 Å². The highest BCUT2D eigenvalue weighted by Crippen LogP contribution is 2.53. The highest BCUT2D eigenvalue weighted by atomic mass is 16.3. The van der Waals surface area contributed by atoms with Gasteiger partial charge in [0.25, 0.3) is 6.71 Å². The number of aryl methyl sites for hydroxylation is 7. The Hall–Kier alpha value is -9.32. The van der Waals surface area contributed by atoms with Gasteiger partial charge in [-0.3, -0.25) is 0 Å². The molecule has 4 nitrogen and oxygen atoms in total. The summed E-state index contributed by atoms with van der Waals surface area (Å²) < 4.78 is 8.80. The molecule has 2 aromatic heterocycles. The molecule has 10 aromatic carbocycles. The number of rotatable bonds is 7. The van der Waals surface area contributed by atoms with Gasteiger partial charge >= 0.3 is 0 Å². The van der Waals surface area contributed by atoms with E-state index in [0.717, 1.165) is 33.1 Å². The number of furan rings is 1. The Labute approximate surface area is 527 Å². The average molecular weight is 1160 g/mol. The summed E-state index contributed by atoms with van der Waals surface area (Å²) >= 11 is 0. The minimum Gasteiger partial charge on any atom is -0.456 e. The normalized spacial score (nSPS) is 13.6. The molecule has 0 radical (unpaired) electrons. The summed E-state index contributed by atoms with van der Waals surface area (Å²) in [6, 6.07) is 64.9. The van der Waals surface area contributed by atoms with Crippen molar-refractivity contribution in [2.75, 3.05) is 9.80 Å². The number of benzene rings is 10. The van der Waals surface area contributed by atoms with Gasteiger partial charge in [-0.25, -0.2) is 0 Å². The number of fused-ring (bicyclic) bond motifs is 11. The lowest BCUT2D eigenvalue weighted by Gasteiger charge is -2.46. The van der Waals surface area contributed by atoms with Gasteiger partial charge in [0.1, 0.15) is 11.2 Å². The molecule has 0 saturated heterocycles. The van der Waals surface area contributed by atoms with E-state index in [2.05, 4.69) is 307 Å². The molecule has 5 heteroatoms. The molecular weight excluding hydrogens is 1080 g/mol. The summed E-state index contributed by atoms with van der Waals surface area (Å²) in [5.74, 6) is 0. The summed E-state index contributed by atoms with van der Waals surface area (Å²) in [7, 11) is 0. The zero-order valence-corrected chi connectivity index (χ0v) is 54.6. The molecule has 0 atom stereocenters. The Kier molecular flexibility index (Phi) is 13.7. The largest absolute Gasteiger partial charge is 0.456 e. The molecule has 440 valence electrons. The fourth-order valence-corrected chi connectivity index (χ4v) is 15.6. The third-order valence-electron chi connectivity index (χ3n) is 19.5. The fourth-order valence-electron chi connectivity index (χ4n) is 15.6. The monoisotopic (exact) mass is 1160 g/mol. The minimum atomic E-state index is -0.1000. The van der Waals surface area contributed by atoms with Gasteiger partial charge in [0.05, 0.1) is 28.3 Å². The van der Waals surface area contributed by atoms with Crippen molar-refractivity contribution in [3.8, 4) is 39.1 Å². The van der Waals surface area contributed by atoms with E-state index in [1.54, 1.807) is 0 Å². The number of anilines is 6. The number of allylic oxidation sites excluding steroid dienone is 1. The molecule has 0 unspecified atom stereocenters. The van der Waals surface area contributed by atoms with Crippen molar-refractivity contribution in [1.29, 1.82) is 0 Å². The number of nitrogens with zero attached hydrogens (tertiary/aromatic N) is 3. The molecule has 12 aromatic rings. The molecule has 4 heterocycles. The predicted octanol–water partition coefficient (Wildman–Crippen LogP) is 21.8. The SMILES string of the molecule is C=Cc1c(/C=C\C)c2cc3c(cc2n1-c1c(C)cccc1C)N(c1c(C)cc(-c2ccc4c(c2)-c2ccccc2C4(C)C)cc1C)c1cc(C)cc2c1B3c1ccc(C(C)(C)C)cc1N2c1c(C)cc(-c2ccc3oc4ccccc4c3c2)cc1C.CCC. The average Bonchev–Trinajstić information content (AvgIpc) is 1.48. The Bertz CT molecular complexity index is 4920. The van der Waals surface area contributed by atoms with Gasteiger partial charge < -0.3 is 18.8 Å². The van der Waals surface area contributed by atoms with Gasteiger partial charge in [0.2, 0.25) is 0 Å². The number of hydrogen-bond donors (Lipinski definition) is 0. The van der Waals surface area contributed by atoms with Crippen LogP contribution in [-0.4, -0.2) is 11.3 Å². The minimum absolute atomic E-state index is 0.0615. The van der Waals surface area contributed by atoms with E-state index in [0.29, 0.717) is 0 Å². The van der Waals surface area contributed by atoms with Crippen molar-refractivity contribution in [1.82, 2.24) is 4.57 Å². The van der Waals surface area contributed by atoms with Crippen LogP contribution in [-0.2, 0) is 10.8 Å². The van der Waals surface area contributed by atoms with Gasteiger partial charge in [0.15, 0.2) is 0 Å². The van der Waals surface area contributed by atoms with Crippen molar-refractivity contribution >= 4 is 102 Å². The van der Waals surface area contributed by atoms with Crippen LogP contribution in [0.25, 0.3) is 84.1 Å². The van der Waals surface area contributed by atoms with E-state index in [9.17, 15) is 0 Å². The first-order chi connectivity index (χ1) is 42.7. The summed E-state index contributed by atoms with van der Waals surface area (Å²) in [6.07, 6.45) is 7.79. The van der Waals surface area contributed by atoms with Crippen molar-refractivity contribution in [2.45, 2.75) is 121 Å². The molecule has 0 amide bonds. The molecule has 0 fully saturated rings. The topological polar surface area (TPSA) is 24.6 Å². The number of para-hydroxylation sites is 2. The maximum absolute atomic E-state index is 6.31. The third-order valence-corrected chi connectivity index (χ3v) is 19.5. The standard InChI is InChI=1S/C81H72BN3O.C3H8/c1-15-22-59-62-44-67-71(45-69(62)83(68(59)16-2)77-47(4)23-21-24-48(77)5)85(79-51(8)37-55(38-52(79)9)53-29-32-65-61(41-53)58-25-17-19-27-64(58)81(65,13)14)73-36-46(3)35-72-76(73)82(67)66-33-31-57(80(10,11)12)43-70(66)84(72)78-49(6)39-56(40-50(78)7)54-30-34-75-63(42-54)60-26-18-20-28-74(60)86-75;1-3-2/h15-45H,2H2,1,3-14H3;3H2,1-2H3/b22-15-;. The van der Waals surface area contributed by atoms with E-state index < -0.39 is 0 Å². The summed E-state index contributed by atoms with van der Waals surface area (Å²) in [6.45, 7) is 38.6. The van der Waals surface area contributed by atoms with Crippen LogP contribution in [0.3, 0.4) is 0 Å². The molecule has 0 spiro atoms. The Morgan fingerprint density at radius 3 is 1.71 bits per heavy atom.